The molecule has 0 bridgehead atoms. The zero-order valence-electron chi connectivity index (χ0n) is 8.76. The molecule has 0 saturated carbocycles. The number of aromatic nitrogens is 1. The molecule has 6 heteroatoms. The van der Waals surface area contributed by atoms with Crippen LogP contribution in [-0.2, 0) is 4.74 Å². The number of esters is 1. The zero-order valence-corrected chi connectivity index (χ0v) is 9.52. The van der Waals surface area contributed by atoms with Gasteiger partial charge >= 0.3 is 5.97 Å². The van der Waals surface area contributed by atoms with E-state index in [1.54, 1.807) is 6.92 Å². The molecule has 0 N–H and O–H groups in total. The van der Waals surface area contributed by atoms with Crippen LogP contribution < -0.4 is 0 Å². The summed E-state index contributed by atoms with van der Waals surface area (Å²) in [6.07, 6.45) is -1.81. The first-order valence-corrected chi connectivity index (χ1v) is 4.97. The molecule has 1 rings (SSSR count). The largest absolute Gasteiger partial charge is 0.462 e. The highest BCUT2D eigenvalue weighted by atomic mass is 35.5. The fraction of sp³-hybridized carbons (Fsp3) is 0.400. The summed E-state index contributed by atoms with van der Waals surface area (Å²) in [7, 11) is 0. The molecule has 1 aromatic heterocycles. The molecule has 0 aliphatic rings. The van der Waals surface area contributed by atoms with Crippen molar-refractivity contribution in [3.63, 3.8) is 0 Å². The second kappa shape index (κ2) is 5.21. The Hall–Kier alpha value is -1.23. The first-order chi connectivity index (χ1) is 7.49. The first kappa shape index (κ1) is 12.8. The number of pyridine rings is 1. The van der Waals surface area contributed by atoms with E-state index in [-0.39, 0.29) is 22.9 Å². The molecule has 1 aromatic rings. The maximum atomic E-state index is 12.5. The van der Waals surface area contributed by atoms with Crippen LogP contribution in [0.1, 0.15) is 35.0 Å². The standard InChI is InChI=1S/C10H10ClF2NO2/c1-3-16-10(15)7-5(2)14-4-6(8(7)11)9(12)13/h4,9H,3H2,1-2H3. The van der Waals surface area contributed by atoms with Gasteiger partial charge in [-0.05, 0) is 13.8 Å². The second-order valence-corrected chi connectivity index (χ2v) is 3.39. The van der Waals surface area contributed by atoms with Crippen molar-refractivity contribution in [3.05, 3.63) is 28.0 Å². The number of carbonyl (C=O) groups is 1. The highest BCUT2D eigenvalue weighted by molar-refractivity contribution is 6.34. The van der Waals surface area contributed by atoms with Crippen LogP contribution in [0.3, 0.4) is 0 Å². The Kier molecular flexibility index (Phi) is 4.18. The third-order valence-electron chi connectivity index (χ3n) is 1.95. The molecule has 0 aliphatic carbocycles. The van der Waals surface area contributed by atoms with Gasteiger partial charge in [-0.25, -0.2) is 13.6 Å². The smallest absolute Gasteiger partial charge is 0.341 e. The van der Waals surface area contributed by atoms with E-state index < -0.39 is 18.0 Å². The molecule has 0 amide bonds. The average Bonchev–Trinajstić information content (AvgIpc) is 2.17. The summed E-state index contributed by atoms with van der Waals surface area (Å²) >= 11 is 5.72. The Morgan fingerprint density at radius 1 is 1.62 bits per heavy atom. The normalized spacial score (nSPS) is 10.6. The third-order valence-corrected chi connectivity index (χ3v) is 2.35. The molecule has 0 aliphatic heterocycles. The van der Waals surface area contributed by atoms with Gasteiger partial charge in [0, 0.05) is 6.20 Å². The number of hydrogen-bond donors (Lipinski definition) is 0. The summed E-state index contributed by atoms with van der Waals surface area (Å²) in [5.74, 6) is -0.736. The van der Waals surface area contributed by atoms with Gasteiger partial charge in [-0.3, -0.25) is 4.98 Å². The fourth-order valence-electron chi connectivity index (χ4n) is 1.18. The van der Waals surface area contributed by atoms with E-state index in [2.05, 4.69) is 4.98 Å². The maximum Gasteiger partial charge on any atom is 0.341 e. The predicted molar refractivity (Wildman–Crippen MR) is 54.9 cm³/mol. The zero-order chi connectivity index (χ0) is 12.3. The van der Waals surface area contributed by atoms with Gasteiger partial charge in [0.05, 0.1) is 28.5 Å². The number of carbonyl (C=O) groups excluding carboxylic acids is 1. The van der Waals surface area contributed by atoms with E-state index in [0.29, 0.717) is 0 Å². The van der Waals surface area contributed by atoms with Crippen molar-refractivity contribution in [2.75, 3.05) is 6.61 Å². The lowest BCUT2D eigenvalue weighted by molar-refractivity contribution is 0.0524. The molecule has 88 valence electrons. The van der Waals surface area contributed by atoms with E-state index in [1.807, 2.05) is 0 Å². The van der Waals surface area contributed by atoms with Crippen molar-refractivity contribution in [3.8, 4) is 0 Å². The van der Waals surface area contributed by atoms with E-state index >= 15 is 0 Å². The molecule has 0 unspecified atom stereocenters. The SMILES string of the molecule is CCOC(=O)c1c(C)ncc(C(F)F)c1Cl. The highest BCUT2D eigenvalue weighted by Gasteiger charge is 2.22. The van der Waals surface area contributed by atoms with Gasteiger partial charge in [0.15, 0.2) is 0 Å². The van der Waals surface area contributed by atoms with E-state index in [0.717, 1.165) is 6.20 Å². The lowest BCUT2D eigenvalue weighted by atomic mass is 10.1. The van der Waals surface area contributed by atoms with Crippen molar-refractivity contribution in [1.82, 2.24) is 4.98 Å². The van der Waals surface area contributed by atoms with Crippen LogP contribution in [0.2, 0.25) is 5.02 Å². The van der Waals surface area contributed by atoms with Crippen molar-refractivity contribution in [2.45, 2.75) is 20.3 Å². The quantitative estimate of drug-likeness (QED) is 0.773. The number of alkyl halides is 2. The molecular weight excluding hydrogens is 240 g/mol. The van der Waals surface area contributed by atoms with Gasteiger partial charge in [-0.15, -0.1) is 0 Å². The monoisotopic (exact) mass is 249 g/mol. The lowest BCUT2D eigenvalue weighted by Crippen LogP contribution is -2.10. The summed E-state index contributed by atoms with van der Waals surface area (Å²) in [4.78, 5) is 15.2. The minimum absolute atomic E-state index is 0.0960. The summed E-state index contributed by atoms with van der Waals surface area (Å²) in [6.45, 7) is 3.27. The maximum absolute atomic E-state index is 12.5. The highest BCUT2D eigenvalue weighted by Crippen LogP contribution is 2.30. The molecule has 0 fully saturated rings. The van der Waals surface area contributed by atoms with Crippen molar-refractivity contribution < 1.29 is 18.3 Å². The van der Waals surface area contributed by atoms with Gasteiger partial charge in [0.2, 0.25) is 0 Å². The molecule has 0 radical (unpaired) electrons. The molecular formula is C10H10ClF2NO2. The average molecular weight is 250 g/mol. The summed E-state index contributed by atoms with van der Waals surface area (Å²) in [5.41, 5.74) is -0.288. The molecule has 1 heterocycles. The number of aryl methyl sites for hydroxylation is 1. The van der Waals surface area contributed by atoms with Gasteiger partial charge in [0.25, 0.3) is 6.43 Å². The van der Waals surface area contributed by atoms with Crippen LogP contribution in [0, 0.1) is 6.92 Å². The van der Waals surface area contributed by atoms with Crippen LogP contribution in [-0.4, -0.2) is 17.6 Å². The molecule has 3 nitrogen and oxygen atoms in total. The Labute approximate surface area is 96.4 Å². The number of ether oxygens (including phenoxy) is 1. The lowest BCUT2D eigenvalue weighted by Gasteiger charge is -2.10. The molecule has 0 aromatic carbocycles. The fourth-order valence-corrected chi connectivity index (χ4v) is 1.53. The van der Waals surface area contributed by atoms with Gasteiger partial charge in [-0.2, -0.15) is 0 Å². The minimum Gasteiger partial charge on any atom is -0.462 e. The molecule has 0 saturated heterocycles. The van der Waals surface area contributed by atoms with Crippen molar-refractivity contribution in [1.29, 1.82) is 0 Å². The van der Waals surface area contributed by atoms with Crippen molar-refractivity contribution in [2.24, 2.45) is 0 Å². The van der Waals surface area contributed by atoms with Gasteiger partial charge in [0.1, 0.15) is 0 Å². The third kappa shape index (κ3) is 2.47. The Morgan fingerprint density at radius 3 is 2.75 bits per heavy atom. The number of halogens is 3. The topological polar surface area (TPSA) is 39.2 Å². The second-order valence-electron chi connectivity index (χ2n) is 3.01. The summed E-state index contributed by atoms with van der Waals surface area (Å²) in [5, 5.41) is -0.291. The van der Waals surface area contributed by atoms with Crippen LogP contribution in [0.4, 0.5) is 8.78 Å². The van der Waals surface area contributed by atoms with Crippen LogP contribution >= 0.6 is 11.6 Å². The predicted octanol–water partition coefficient (Wildman–Crippen LogP) is 3.16. The first-order valence-electron chi connectivity index (χ1n) is 4.59. The van der Waals surface area contributed by atoms with E-state index in [1.165, 1.54) is 6.92 Å². The van der Waals surface area contributed by atoms with E-state index in [9.17, 15) is 13.6 Å². The van der Waals surface area contributed by atoms with Crippen molar-refractivity contribution >= 4 is 17.6 Å². The van der Waals surface area contributed by atoms with Crippen LogP contribution in [0.5, 0.6) is 0 Å². The summed E-state index contributed by atoms with van der Waals surface area (Å²) < 4.78 is 29.7. The Balaban J connectivity index is 3.26. The summed E-state index contributed by atoms with van der Waals surface area (Å²) in [6, 6.07) is 0. The van der Waals surface area contributed by atoms with Gasteiger partial charge < -0.3 is 4.74 Å². The van der Waals surface area contributed by atoms with E-state index in [4.69, 9.17) is 16.3 Å². The molecule has 0 spiro atoms. The Bertz CT molecular complexity index is 410. The van der Waals surface area contributed by atoms with Gasteiger partial charge in [-0.1, -0.05) is 11.6 Å². The molecule has 16 heavy (non-hydrogen) atoms. The Morgan fingerprint density at radius 2 is 2.25 bits per heavy atom. The molecule has 0 atom stereocenters. The van der Waals surface area contributed by atoms with Crippen LogP contribution in [0.25, 0.3) is 0 Å². The number of hydrogen-bond acceptors (Lipinski definition) is 3. The van der Waals surface area contributed by atoms with Crippen LogP contribution in [0.15, 0.2) is 6.20 Å². The number of rotatable bonds is 3. The number of nitrogens with zero attached hydrogens (tertiary/aromatic N) is 1. The minimum atomic E-state index is -2.77.